The van der Waals surface area contributed by atoms with E-state index in [1.54, 1.807) is 12.1 Å². The first kappa shape index (κ1) is 17.4. The van der Waals surface area contributed by atoms with Crippen molar-refractivity contribution in [3.63, 3.8) is 0 Å². The van der Waals surface area contributed by atoms with Crippen molar-refractivity contribution in [2.45, 2.75) is 30.7 Å². The second kappa shape index (κ2) is 6.85. The van der Waals surface area contributed by atoms with Crippen molar-refractivity contribution in [2.24, 2.45) is 5.14 Å². The van der Waals surface area contributed by atoms with Gasteiger partial charge >= 0.3 is 0 Å². The van der Waals surface area contributed by atoms with Gasteiger partial charge < -0.3 is 10.2 Å². The number of hydrogen-bond acceptors (Lipinski definition) is 4. The van der Waals surface area contributed by atoms with E-state index >= 15 is 0 Å². The van der Waals surface area contributed by atoms with Gasteiger partial charge in [0, 0.05) is 17.9 Å². The highest BCUT2D eigenvalue weighted by molar-refractivity contribution is 7.89. The minimum atomic E-state index is -3.80. The standard InChI is InChI=1S/C18H21N3O3S/c1-13(21-11-5-7-14-6-2-3-10-17(14)21)18(22)20-15-8-4-9-16(12-15)25(19,23)24/h2-4,6,8-10,12-13H,5,7,11H2,1H3,(H,20,22)(H2,19,23,24). The average Bonchev–Trinajstić information content (AvgIpc) is 2.60. The van der Waals surface area contributed by atoms with E-state index in [1.807, 2.05) is 25.1 Å². The van der Waals surface area contributed by atoms with Gasteiger partial charge in [-0.15, -0.1) is 0 Å². The lowest BCUT2D eigenvalue weighted by Gasteiger charge is -2.35. The molecule has 0 saturated carbocycles. The molecule has 0 spiro atoms. The molecular weight excluding hydrogens is 338 g/mol. The topological polar surface area (TPSA) is 92.5 Å². The van der Waals surface area contributed by atoms with Crippen LogP contribution in [-0.2, 0) is 21.2 Å². The van der Waals surface area contributed by atoms with E-state index in [1.165, 1.54) is 17.7 Å². The molecule has 1 atom stereocenters. The highest BCUT2D eigenvalue weighted by Crippen LogP contribution is 2.28. The van der Waals surface area contributed by atoms with Gasteiger partial charge in [0.2, 0.25) is 15.9 Å². The number of carbonyl (C=O) groups is 1. The van der Waals surface area contributed by atoms with Gasteiger partial charge in [-0.05, 0) is 49.6 Å². The summed E-state index contributed by atoms with van der Waals surface area (Å²) in [6.45, 7) is 2.66. The summed E-state index contributed by atoms with van der Waals surface area (Å²) in [6, 6.07) is 13.7. The number of hydrogen-bond donors (Lipinski definition) is 2. The molecule has 1 unspecified atom stereocenters. The van der Waals surface area contributed by atoms with Gasteiger partial charge in [-0.1, -0.05) is 24.3 Å². The SMILES string of the molecule is CC(C(=O)Nc1cccc(S(N)(=O)=O)c1)N1CCCc2ccccc21. The first-order valence-electron chi connectivity index (χ1n) is 8.14. The van der Waals surface area contributed by atoms with Crippen molar-refractivity contribution in [2.75, 3.05) is 16.8 Å². The normalized spacial score (nSPS) is 15.4. The van der Waals surface area contributed by atoms with Crippen LogP contribution >= 0.6 is 0 Å². The van der Waals surface area contributed by atoms with Crippen molar-refractivity contribution >= 4 is 27.3 Å². The Morgan fingerprint density at radius 1 is 1.20 bits per heavy atom. The van der Waals surface area contributed by atoms with E-state index in [9.17, 15) is 13.2 Å². The molecule has 0 radical (unpaired) electrons. The van der Waals surface area contributed by atoms with Gasteiger partial charge in [0.15, 0.2) is 0 Å². The first-order valence-corrected chi connectivity index (χ1v) is 9.69. The molecule has 1 amide bonds. The first-order chi connectivity index (χ1) is 11.9. The lowest BCUT2D eigenvalue weighted by Crippen LogP contribution is -2.44. The molecule has 1 aliphatic rings. The maximum atomic E-state index is 12.6. The third-order valence-electron chi connectivity index (χ3n) is 4.42. The molecule has 1 heterocycles. The highest BCUT2D eigenvalue weighted by Gasteiger charge is 2.26. The van der Waals surface area contributed by atoms with E-state index in [0.717, 1.165) is 25.1 Å². The van der Waals surface area contributed by atoms with Crippen LogP contribution in [0.5, 0.6) is 0 Å². The van der Waals surface area contributed by atoms with Gasteiger partial charge in [0.1, 0.15) is 6.04 Å². The number of nitrogens with one attached hydrogen (secondary N) is 1. The van der Waals surface area contributed by atoms with E-state index in [-0.39, 0.29) is 16.8 Å². The molecule has 2 aromatic carbocycles. The molecule has 0 bridgehead atoms. The van der Waals surface area contributed by atoms with Crippen LogP contribution in [0.2, 0.25) is 0 Å². The zero-order valence-corrected chi connectivity index (χ0v) is 14.8. The van der Waals surface area contributed by atoms with Gasteiger partial charge in [-0.25, -0.2) is 13.6 Å². The number of primary sulfonamides is 1. The second-order valence-electron chi connectivity index (χ2n) is 6.16. The molecule has 6 nitrogen and oxygen atoms in total. The average molecular weight is 359 g/mol. The largest absolute Gasteiger partial charge is 0.360 e. The Bertz CT molecular complexity index is 896. The summed E-state index contributed by atoms with van der Waals surface area (Å²) in [4.78, 5) is 14.7. The summed E-state index contributed by atoms with van der Waals surface area (Å²) in [7, 11) is -3.80. The number of anilines is 2. The van der Waals surface area contributed by atoms with Crippen molar-refractivity contribution in [1.82, 2.24) is 0 Å². The van der Waals surface area contributed by atoms with Crippen LogP contribution in [0, 0.1) is 0 Å². The fourth-order valence-corrected chi connectivity index (χ4v) is 3.66. The molecule has 3 rings (SSSR count). The van der Waals surface area contributed by atoms with Gasteiger partial charge in [0.25, 0.3) is 0 Å². The molecule has 0 saturated heterocycles. The van der Waals surface area contributed by atoms with Crippen molar-refractivity contribution < 1.29 is 13.2 Å². The van der Waals surface area contributed by atoms with Gasteiger partial charge in [0.05, 0.1) is 4.90 Å². The minimum absolute atomic E-state index is 0.0266. The fourth-order valence-electron chi connectivity index (χ4n) is 3.10. The lowest BCUT2D eigenvalue weighted by molar-refractivity contribution is -0.117. The number of amides is 1. The maximum absolute atomic E-state index is 12.6. The number of rotatable bonds is 4. The van der Waals surface area contributed by atoms with Crippen LogP contribution in [0.3, 0.4) is 0 Å². The minimum Gasteiger partial charge on any atom is -0.360 e. The van der Waals surface area contributed by atoms with Crippen LogP contribution in [0.15, 0.2) is 53.4 Å². The van der Waals surface area contributed by atoms with Crippen LogP contribution < -0.4 is 15.4 Å². The van der Waals surface area contributed by atoms with Gasteiger partial charge in [-0.2, -0.15) is 0 Å². The summed E-state index contributed by atoms with van der Waals surface area (Å²) < 4.78 is 22.9. The zero-order valence-electron chi connectivity index (χ0n) is 14.0. The number of carbonyl (C=O) groups excluding carboxylic acids is 1. The molecular formula is C18H21N3O3S. The Labute approximate surface area is 147 Å². The summed E-state index contributed by atoms with van der Waals surface area (Å²) in [5.41, 5.74) is 2.73. The Morgan fingerprint density at radius 3 is 2.72 bits per heavy atom. The van der Waals surface area contributed by atoms with Gasteiger partial charge in [-0.3, -0.25) is 4.79 Å². The number of nitrogens with two attached hydrogens (primary N) is 1. The predicted molar refractivity (Wildman–Crippen MR) is 98.0 cm³/mol. The van der Waals surface area contributed by atoms with Crippen LogP contribution in [0.4, 0.5) is 11.4 Å². The van der Waals surface area contributed by atoms with E-state index in [2.05, 4.69) is 16.3 Å². The molecule has 0 fully saturated rings. The molecule has 25 heavy (non-hydrogen) atoms. The molecule has 2 aromatic rings. The van der Waals surface area contributed by atoms with Crippen molar-refractivity contribution in [1.29, 1.82) is 0 Å². The zero-order chi connectivity index (χ0) is 18.0. The third kappa shape index (κ3) is 3.83. The number of aryl methyl sites for hydroxylation is 1. The molecule has 7 heteroatoms. The van der Waals surface area contributed by atoms with Crippen LogP contribution in [-0.4, -0.2) is 26.9 Å². The predicted octanol–water partition coefficient (Wildman–Crippen LogP) is 2.11. The molecule has 0 aromatic heterocycles. The summed E-state index contributed by atoms with van der Waals surface area (Å²) in [5.74, 6) is -0.191. The number of nitrogens with zero attached hydrogens (tertiary/aromatic N) is 1. The summed E-state index contributed by atoms with van der Waals surface area (Å²) in [6.07, 6.45) is 2.01. The Kier molecular flexibility index (Phi) is 4.78. The third-order valence-corrected chi connectivity index (χ3v) is 5.33. The van der Waals surface area contributed by atoms with E-state index in [0.29, 0.717) is 5.69 Å². The number of para-hydroxylation sites is 1. The Morgan fingerprint density at radius 2 is 1.96 bits per heavy atom. The number of benzene rings is 2. The Balaban J connectivity index is 1.78. The maximum Gasteiger partial charge on any atom is 0.246 e. The Hall–Kier alpha value is -2.38. The second-order valence-corrected chi connectivity index (χ2v) is 7.73. The van der Waals surface area contributed by atoms with Crippen LogP contribution in [0.25, 0.3) is 0 Å². The molecule has 3 N–H and O–H groups in total. The van der Waals surface area contributed by atoms with Crippen molar-refractivity contribution in [3.8, 4) is 0 Å². The van der Waals surface area contributed by atoms with Crippen LogP contribution in [0.1, 0.15) is 18.9 Å². The number of sulfonamides is 1. The van der Waals surface area contributed by atoms with E-state index in [4.69, 9.17) is 5.14 Å². The quantitative estimate of drug-likeness (QED) is 0.874. The lowest BCUT2D eigenvalue weighted by atomic mass is 10.00. The van der Waals surface area contributed by atoms with Crippen molar-refractivity contribution in [3.05, 3.63) is 54.1 Å². The highest BCUT2D eigenvalue weighted by atomic mass is 32.2. The smallest absolute Gasteiger partial charge is 0.246 e. The van der Waals surface area contributed by atoms with E-state index < -0.39 is 10.0 Å². The monoisotopic (exact) mass is 359 g/mol. The molecule has 132 valence electrons. The molecule has 1 aliphatic heterocycles. The fraction of sp³-hybridized carbons (Fsp3) is 0.278. The molecule has 0 aliphatic carbocycles. The summed E-state index contributed by atoms with van der Waals surface area (Å²) in [5, 5.41) is 7.92. The number of fused-ring (bicyclic) bond motifs is 1. The summed E-state index contributed by atoms with van der Waals surface area (Å²) >= 11 is 0.